The fourth-order valence-electron chi connectivity index (χ4n) is 1.10. The lowest BCUT2D eigenvalue weighted by atomic mass is 10.2. The SMILES string of the molecule is C=CCN(C(=O)COC(C)(C)C)C(C)C. The van der Waals surface area contributed by atoms with Crippen molar-refractivity contribution in [3.05, 3.63) is 12.7 Å². The van der Waals surface area contributed by atoms with Crippen LogP contribution >= 0.6 is 0 Å². The lowest BCUT2D eigenvalue weighted by molar-refractivity contribution is -0.142. The van der Waals surface area contributed by atoms with E-state index in [-0.39, 0.29) is 24.2 Å². The van der Waals surface area contributed by atoms with Crippen LogP contribution in [0.1, 0.15) is 34.6 Å². The molecule has 3 nitrogen and oxygen atoms in total. The summed E-state index contributed by atoms with van der Waals surface area (Å²) in [5.74, 6) is 0.0137. The molecule has 0 aliphatic heterocycles. The fourth-order valence-corrected chi connectivity index (χ4v) is 1.10. The third kappa shape index (κ3) is 6.28. The zero-order valence-corrected chi connectivity index (χ0v) is 10.5. The number of hydrogen-bond acceptors (Lipinski definition) is 2. The zero-order valence-electron chi connectivity index (χ0n) is 10.5. The molecule has 0 atom stereocenters. The number of carbonyl (C=O) groups excluding carboxylic acids is 1. The quantitative estimate of drug-likeness (QED) is 0.655. The minimum atomic E-state index is -0.271. The molecule has 0 aromatic rings. The van der Waals surface area contributed by atoms with Crippen LogP contribution in [0.2, 0.25) is 0 Å². The Morgan fingerprint density at radius 3 is 2.33 bits per heavy atom. The number of ether oxygens (including phenoxy) is 1. The summed E-state index contributed by atoms with van der Waals surface area (Å²) in [6, 6.07) is 0.180. The van der Waals surface area contributed by atoms with Gasteiger partial charge in [-0.15, -0.1) is 6.58 Å². The van der Waals surface area contributed by atoms with Crippen molar-refractivity contribution in [2.45, 2.75) is 46.3 Å². The molecule has 0 fully saturated rings. The van der Waals surface area contributed by atoms with Crippen LogP contribution < -0.4 is 0 Å². The topological polar surface area (TPSA) is 29.5 Å². The molecule has 0 aromatic carbocycles. The van der Waals surface area contributed by atoms with Gasteiger partial charge in [-0.25, -0.2) is 0 Å². The molecule has 88 valence electrons. The van der Waals surface area contributed by atoms with Crippen molar-refractivity contribution in [2.24, 2.45) is 0 Å². The molecule has 0 saturated heterocycles. The third-order valence-electron chi connectivity index (χ3n) is 1.90. The van der Waals surface area contributed by atoms with Crippen molar-refractivity contribution in [1.82, 2.24) is 4.90 Å². The summed E-state index contributed by atoms with van der Waals surface area (Å²) in [5, 5.41) is 0. The first kappa shape index (κ1) is 14.2. The largest absolute Gasteiger partial charge is 0.366 e. The minimum absolute atomic E-state index is 0.0137. The van der Waals surface area contributed by atoms with Crippen molar-refractivity contribution in [1.29, 1.82) is 0 Å². The predicted molar refractivity (Wildman–Crippen MR) is 62.8 cm³/mol. The van der Waals surface area contributed by atoms with Crippen LogP contribution in [-0.2, 0) is 9.53 Å². The number of carbonyl (C=O) groups is 1. The van der Waals surface area contributed by atoms with Crippen LogP contribution in [0.4, 0.5) is 0 Å². The van der Waals surface area contributed by atoms with E-state index in [1.165, 1.54) is 0 Å². The molecule has 0 heterocycles. The molecule has 0 aliphatic carbocycles. The van der Waals surface area contributed by atoms with Gasteiger partial charge >= 0.3 is 0 Å². The molecule has 0 spiro atoms. The van der Waals surface area contributed by atoms with E-state index in [1.807, 2.05) is 34.6 Å². The van der Waals surface area contributed by atoms with Crippen molar-refractivity contribution >= 4 is 5.91 Å². The van der Waals surface area contributed by atoms with Crippen molar-refractivity contribution in [3.8, 4) is 0 Å². The van der Waals surface area contributed by atoms with Crippen LogP contribution in [0.15, 0.2) is 12.7 Å². The Morgan fingerprint density at radius 2 is 2.00 bits per heavy atom. The standard InChI is InChI=1S/C12H23NO2/c1-7-8-13(10(2)3)11(14)9-15-12(4,5)6/h7,10H,1,8-9H2,2-6H3. The van der Waals surface area contributed by atoms with Gasteiger partial charge in [0.2, 0.25) is 5.91 Å². The molecular formula is C12H23NO2. The smallest absolute Gasteiger partial charge is 0.249 e. The Labute approximate surface area is 93.1 Å². The van der Waals surface area contributed by atoms with Gasteiger partial charge < -0.3 is 9.64 Å². The van der Waals surface area contributed by atoms with E-state index in [0.29, 0.717) is 6.54 Å². The van der Waals surface area contributed by atoms with Crippen molar-refractivity contribution in [3.63, 3.8) is 0 Å². The Kier molecular flexibility index (Phi) is 5.58. The molecule has 0 N–H and O–H groups in total. The van der Waals surface area contributed by atoms with Crippen LogP contribution in [0.3, 0.4) is 0 Å². The monoisotopic (exact) mass is 213 g/mol. The molecular weight excluding hydrogens is 190 g/mol. The predicted octanol–water partition coefficient (Wildman–Crippen LogP) is 2.22. The second-order valence-electron chi connectivity index (χ2n) is 4.83. The van der Waals surface area contributed by atoms with Gasteiger partial charge in [0.15, 0.2) is 0 Å². The summed E-state index contributed by atoms with van der Waals surface area (Å²) < 4.78 is 5.44. The molecule has 1 amide bonds. The summed E-state index contributed by atoms with van der Waals surface area (Å²) in [7, 11) is 0. The van der Waals surface area contributed by atoms with Gasteiger partial charge in [0.05, 0.1) is 5.60 Å². The Morgan fingerprint density at radius 1 is 1.47 bits per heavy atom. The summed E-state index contributed by atoms with van der Waals surface area (Å²) >= 11 is 0. The van der Waals surface area contributed by atoms with E-state index in [0.717, 1.165) is 0 Å². The van der Waals surface area contributed by atoms with Gasteiger partial charge in [-0.2, -0.15) is 0 Å². The van der Waals surface area contributed by atoms with E-state index < -0.39 is 0 Å². The fraction of sp³-hybridized carbons (Fsp3) is 0.750. The Balaban J connectivity index is 4.21. The first-order valence-electron chi connectivity index (χ1n) is 5.32. The van der Waals surface area contributed by atoms with Gasteiger partial charge in [-0.1, -0.05) is 6.08 Å². The maximum atomic E-state index is 11.8. The number of rotatable bonds is 5. The second kappa shape index (κ2) is 5.91. The molecule has 0 saturated carbocycles. The highest BCUT2D eigenvalue weighted by Crippen LogP contribution is 2.08. The second-order valence-corrected chi connectivity index (χ2v) is 4.83. The molecule has 15 heavy (non-hydrogen) atoms. The molecule has 0 aliphatic rings. The van der Waals surface area contributed by atoms with Gasteiger partial charge in [0.25, 0.3) is 0 Å². The average molecular weight is 213 g/mol. The molecule has 0 aromatic heterocycles. The highest BCUT2D eigenvalue weighted by Gasteiger charge is 2.18. The van der Waals surface area contributed by atoms with Crippen LogP contribution in [0.25, 0.3) is 0 Å². The van der Waals surface area contributed by atoms with Crippen LogP contribution in [0.5, 0.6) is 0 Å². The van der Waals surface area contributed by atoms with Gasteiger partial charge in [0, 0.05) is 12.6 Å². The normalized spacial score (nSPS) is 11.6. The highest BCUT2D eigenvalue weighted by molar-refractivity contribution is 5.77. The maximum absolute atomic E-state index is 11.8. The van der Waals surface area contributed by atoms with E-state index in [1.54, 1.807) is 11.0 Å². The van der Waals surface area contributed by atoms with E-state index in [4.69, 9.17) is 4.74 Å². The summed E-state index contributed by atoms with van der Waals surface area (Å²) in [6.45, 7) is 14.1. The molecule has 0 bridgehead atoms. The number of nitrogens with zero attached hydrogens (tertiary/aromatic N) is 1. The van der Waals surface area contributed by atoms with Gasteiger partial charge in [-0.3, -0.25) is 4.79 Å². The minimum Gasteiger partial charge on any atom is -0.366 e. The van der Waals surface area contributed by atoms with E-state index in [2.05, 4.69) is 6.58 Å². The van der Waals surface area contributed by atoms with Crippen LogP contribution in [0, 0.1) is 0 Å². The average Bonchev–Trinajstić information content (AvgIpc) is 2.08. The number of hydrogen-bond donors (Lipinski definition) is 0. The molecule has 3 heteroatoms. The van der Waals surface area contributed by atoms with Crippen molar-refractivity contribution < 1.29 is 9.53 Å². The molecule has 0 radical (unpaired) electrons. The lowest BCUT2D eigenvalue weighted by Crippen LogP contribution is -2.40. The molecule has 0 unspecified atom stereocenters. The van der Waals surface area contributed by atoms with Gasteiger partial charge in [-0.05, 0) is 34.6 Å². The van der Waals surface area contributed by atoms with Crippen LogP contribution in [-0.4, -0.2) is 35.6 Å². The van der Waals surface area contributed by atoms with E-state index in [9.17, 15) is 4.79 Å². The lowest BCUT2D eigenvalue weighted by Gasteiger charge is -2.27. The Bertz CT molecular complexity index is 216. The number of amides is 1. The van der Waals surface area contributed by atoms with E-state index >= 15 is 0 Å². The third-order valence-corrected chi connectivity index (χ3v) is 1.90. The Hall–Kier alpha value is -0.830. The maximum Gasteiger partial charge on any atom is 0.249 e. The highest BCUT2D eigenvalue weighted by atomic mass is 16.5. The van der Waals surface area contributed by atoms with Crippen molar-refractivity contribution in [2.75, 3.05) is 13.2 Å². The zero-order chi connectivity index (χ0) is 12.1. The first-order valence-corrected chi connectivity index (χ1v) is 5.32. The first-order chi connectivity index (χ1) is 6.78. The summed E-state index contributed by atoms with van der Waals surface area (Å²) in [6.07, 6.45) is 1.73. The summed E-state index contributed by atoms with van der Waals surface area (Å²) in [4.78, 5) is 13.5. The van der Waals surface area contributed by atoms with Gasteiger partial charge in [0.1, 0.15) is 6.61 Å². The molecule has 0 rings (SSSR count). The summed E-state index contributed by atoms with van der Waals surface area (Å²) in [5.41, 5.74) is -0.271.